The number of ether oxygens (including phenoxy) is 1. The Bertz CT molecular complexity index is 593. The van der Waals surface area contributed by atoms with Crippen LogP contribution in [0.4, 0.5) is 4.79 Å². The fraction of sp³-hybridized carbons (Fsp3) is 0.529. The lowest BCUT2D eigenvalue weighted by Crippen LogP contribution is -2.34. The number of carbonyl (C=O) groups is 2. The average Bonchev–Trinajstić information content (AvgIpc) is 2.44. The number of carboxylic acid groups (broad SMARTS) is 1. The van der Waals surface area contributed by atoms with Crippen molar-refractivity contribution in [3.63, 3.8) is 0 Å². The lowest BCUT2D eigenvalue weighted by molar-refractivity contribution is 0.0119. The number of benzene rings is 1. The van der Waals surface area contributed by atoms with E-state index in [-0.39, 0.29) is 18.5 Å². The first kappa shape index (κ1) is 19.9. The van der Waals surface area contributed by atoms with Crippen LogP contribution in [-0.4, -0.2) is 45.6 Å². The minimum atomic E-state index is -1.17. The molecule has 0 heterocycles. The number of nitrogens with one attached hydrogen (secondary N) is 1. The van der Waals surface area contributed by atoms with E-state index in [1.807, 2.05) is 0 Å². The van der Waals surface area contributed by atoms with E-state index in [0.717, 1.165) is 0 Å². The average molecular weight is 339 g/mol. The van der Waals surface area contributed by atoms with E-state index in [9.17, 15) is 19.8 Å². The largest absolute Gasteiger partial charge is 0.478 e. The Hall–Kier alpha value is -2.12. The molecule has 0 aliphatic carbocycles. The van der Waals surface area contributed by atoms with E-state index >= 15 is 0 Å². The summed E-state index contributed by atoms with van der Waals surface area (Å²) in [5, 5.41) is 31.7. The molecule has 1 amide bonds. The number of aromatic carboxylic acids is 1. The Morgan fingerprint density at radius 3 is 2.38 bits per heavy atom. The lowest BCUT2D eigenvalue weighted by atomic mass is 9.96. The highest BCUT2D eigenvalue weighted by Crippen LogP contribution is 2.23. The smallest absolute Gasteiger partial charge is 0.407 e. The van der Waals surface area contributed by atoms with Gasteiger partial charge < -0.3 is 25.4 Å². The summed E-state index contributed by atoms with van der Waals surface area (Å²) >= 11 is 0. The minimum Gasteiger partial charge on any atom is -0.478 e. The molecule has 2 atom stereocenters. The molecular formula is C17H25NO6. The molecule has 0 fully saturated rings. The number of amides is 1. The van der Waals surface area contributed by atoms with Gasteiger partial charge >= 0.3 is 12.1 Å². The molecule has 134 valence electrons. The van der Waals surface area contributed by atoms with Gasteiger partial charge in [0, 0.05) is 6.54 Å². The molecular weight excluding hydrogens is 314 g/mol. The van der Waals surface area contributed by atoms with Gasteiger partial charge in [-0.05, 0) is 57.4 Å². The second-order valence-electron chi connectivity index (χ2n) is 6.61. The molecule has 4 N–H and O–H groups in total. The van der Waals surface area contributed by atoms with Crippen molar-refractivity contribution < 1.29 is 29.6 Å². The number of carboxylic acids is 1. The molecule has 1 aromatic carbocycles. The van der Waals surface area contributed by atoms with Crippen LogP contribution in [0.25, 0.3) is 0 Å². The zero-order valence-corrected chi connectivity index (χ0v) is 14.4. The summed E-state index contributed by atoms with van der Waals surface area (Å²) in [6.45, 7) is 7.04. The number of aliphatic hydroxyl groups is 2. The highest BCUT2D eigenvalue weighted by molar-refractivity contribution is 5.87. The van der Waals surface area contributed by atoms with Crippen LogP contribution in [-0.2, 0) is 4.74 Å². The molecule has 0 spiro atoms. The van der Waals surface area contributed by atoms with Crippen LogP contribution in [0.1, 0.15) is 54.8 Å². The van der Waals surface area contributed by atoms with E-state index in [1.165, 1.54) is 18.2 Å². The maximum Gasteiger partial charge on any atom is 0.407 e. The molecule has 0 aliphatic rings. The van der Waals surface area contributed by atoms with Crippen LogP contribution in [0.15, 0.2) is 18.2 Å². The molecule has 7 nitrogen and oxygen atoms in total. The van der Waals surface area contributed by atoms with Crippen molar-refractivity contribution >= 4 is 12.1 Å². The zero-order valence-electron chi connectivity index (χ0n) is 14.4. The third-order valence-corrected chi connectivity index (χ3v) is 3.31. The molecule has 0 aliphatic heterocycles. The highest BCUT2D eigenvalue weighted by Gasteiger charge is 2.21. The number of alkyl carbamates (subject to hydrolysis) is 1. The van der Waals surface area contributed by atoms with Crippen LogP contribution in [0.5, 0.6) is 0 Å². The Morgan fingerprint density at radius 2 is 1.88 bits per heavy atom. The Balaban J connectivity index is 2.57. The number of hydrogen-bond acceptors (Lipinski definition) is 5. The van der Waals surface area contributed by atoms with E-state index in [2.05, 4.69) is 5.32 Å². The summed E-state index contributed by atoms with van der Waals surface area (Å²) in [5.74, 6) is -1.05. The molecule has 0 saturated heterocycles. The van der Waals surface area contributed by atoms with E-state index < -0.39 is 29.9 Å². The fourth-order valence-electron chi connectivity index (χ4n) is 2.14. The zero-order chi connectivity index (χ0) is 18.5. The third-order valence-electron chi connectivity index (χ3n) is 3.31. The molecule has 0 saturated carbocycles. The van der Waals surface area contributed by atoms with Crippen molar-refractivity contribution in [1.29, 1.82) is 0 Å². The number of rotatable bonds is 6. The molecule has 2 unspecified atom stereocenters. The SMILES string of the molecule is Cc1cc(C(=O)O)ccc1C(O)C(O)CCNC(=O)OC(C)(C)C. The second kappa shape index (κ2) is 8.12. The van der Waals surface area contributed by atoms with Gasteiger partial charge in [0.25, 0.3) is 0 Å². The molecule has 0 bridgehead atoms. The first-order valence-corrected chi connectivity index (χ1v) is 7.68. The maximum atomic E-state index is 11.5. The maximum absolute atomic E-state index is 11.5. The third kappa shape index (κ3) is 6.17. The second-order valence-corrected chi connectivity index (χ2v) is 6.61. The summed E-state index contributed by atoms with van der Waals surface area (Å²) in [7, 11) is 0. The first-order valence-electron chi connectivity index (χ1n) is 7.68. The van der Waals surface area contributed by atoms with Crippen molar-refractivity contribution in [1.82, 2.24) is 5.32 Å². The van der Waals surface area contributed by atoms with Gasteiger partial charge in [-0.25, -0.2) is 9.59 Å². The van der Waals surface area contributed by atoms with E-state index in [1.54, 1.807) is 27.7 Å². The topological polar surface area (TPSA) is 116 Å². The number of hydrogen-bond donors (Lipinski definition) is 4. The number of aliphatic hydroxyl groups excluding tert-OH is 2. The predicted octanol–water partition coefficient (Wildman–Crippen LogP) is 2.00. The van der Waals surface area contributed by atoms with Crippen molar-refractivity contribution in [2.75, 3.05) is 6.54 Å². The van der Waals surface area contributed by atoms with Crippen LogP contribution >= 0.6 is 0 Å². The summed E-state index contributed by atoms with van der Waals surface area (Å²) in [5.41, 5.74) is 0.529. The van der Waals surface area contributed by atoms with E-state index in [0.29, 0.717) is 11.1 Å². The normalized spacial score (nSPS) is 13.9. The van der Waals surface area contributed by atoms with Gasteiger partial charge in [-0.15, -0.1) is 0 Å². The van der Waals surface area contributed by atoms with Gasteiger partial charge in [-0.3, -0.25) is 0 Å². The van der Waals surface area contributed by atoms with Gasteiger partial charge in [0.05, 0.1) is 11.7 Å². The molecule has 1 rings (SSSR count). The number of aryl methyl sites for hydroxylation is 1. The quantitative estimate of drug-likeness (QED) is 0.630. The van der Waals surface area contributed by atoms with Gasteiger partial charge in [0.2, 0.25) is 0 Å². The predicted molar refractivity (Wildman–Crippen MR) is 88.0 cm³/mol. The Morgan fingerprint density at radius 1 is 1.25 bits per heavy atom. The van der Waals surface area contributed by atoms with Crippen molar-refractivity contribution in [3.8, 4) is 0 Å². The van der Waals surface area contributed by atoms with Crippen LogP contribution in [0.3, 0.4) is 0 Å². The first-order chi connectivity index (χ1) is 11.0. The van der Waals surface area contributed by atoms with Crippen LogP contribution in [0.2, 0.25) is 0 Å². The van der Waals surface area contributed by atoms with Gasteiger partial charge in [-0.1, -0.05) is 6.07 Å². The minimum absolute atomic E-state index is 0.115. The van der Waals surface area contributed by atoms with Crippen molar-refractivity contribution in [3.05, 3.63) is 34.9 Å². The molecule has 24 heavy (non-hydrogen) atoms. The number of carbonyl (C=O) groups excluding carboxylic acids is 1. The van der Waals surface area contributed by atoms with E-state index in [4.69, 9.17) is 9.84 Å². The Kier molecular flexibility index (Phi) is 6.74. The monoisotopic (exact) mass is 339 g/mol. The van der Waals surface area contributed by atoms with Gasteiger partial charge in [0.15, 0.2) is 0 Å². The Labute approximate surface area is 141 Å². The van der Waals surface area contributed by atoms with Crippen molar-refractivity contribution in [2.45, 2.75) is 51.9 Å². The molecule has 0 aromatic heterocycles. The molecule has 1 aromatic rings. The molecule has 0 radical (unpaired) electrons. The van der Waals surface area contributed by atoms with Crippen molar-refractivity contribution in [2.24, 2.45) is 0 Å². The molecule has 7 heteroatoms. The fourth-order valence-corrected chi connectivity index (χ4v) is 2.14. The summed E-state index contributed by atoms with van der Waals surface area (Å²) in [4.78, 5) is 22.4. The van der Waals surface area contributed by atoms with Gasteiger partial charge in [0.1, 0.15) is 11.7 Å². The summed E-state index contributed by atoms with van der Waals surface area (Å²) in [6.07, 6.45) is -2.74. The summed E-state index contributed by atoms with van der Waals surface area (Å²) < 4.78 is 5.07. The standard InChI is InChI=1S/C17H25NO6/c1-10-9-11(15(21)22)5-6-12(10)14(20)13(19)7-8-18-16(23)24-17(2,3)4/h5-6,9,13-14,19-20H,7-8H2,1-4H3,(H,18,23)(H,21,22). The highest BCUT2D eigenvalue weighted by atomic mass is 16.6. The van der Waals surface area contributed by atoms with Gasteiger partial charge in [-0.2, -0.15) is 0 Å². The van der Waals surface area contributed by atoms with Crippen LogP contribution < -0.4 is 5.32 Å². The van der Waals surface area contributed by atoms with Crippen LogP contribution in [0, 0.1) is 6.92 Å². The summed E-state index contributed by atoms with van der Waals surface area (Å²) in [6, 6.07) is 4.29. The lowest BCUT2D eigenvalue weighted by Gasteiger charge is -2.22.